The average Bonchev–Trinajstić information content (AvgIpc) is 2.96. The fourth-order valence-electron chi connectivity index (χ4n) is 3.72. The minimum absolute atomic E-state index is 0.0278. The van der Waals surface area contributed by atoms with Crippen molar-refractivity contribution in [3.8, 4) is 0 Å². The first-order valence-electron chi connectivity index (χ1n) is 14.1. The number of primary sulfonamides is 2. The lowest BCUT2D eigenvalue weighted by Crippen LogP contribution is -2.23. The predicted molar refractivity (Wildman–Crippen MR) is 187 cm³/mol. The van der Waals surface area contributed by atoms with Gasteiger partial charge in [0, 0.05) is 0 Å². The normalized spacial score (nSPS) is 12.5. The molecule has 0 unspecified atom stereocenters. The Morgan fingerprint density at radius 1 is 0.745 bits per heavy atom. The Bertz CT molecular complexity index is 2140. The first-order valence-corrected chi connectivity index (χ1v) is 18.7. The van der Waals surface area contributed by atoms with Gasteiger partial charge < -0.3 is 21.5 Å². The summed E-state index contributed by atoms with van der Waals surface area (Å²) in [6.07, 6.45) is -0.674. The summed E-state index contributed by atoms with van der Waals surface area (Å²) in [5.41, 5.74) is 5.95. The molecule has 276 valence electrons. The van der Waals surface area contributed by atoms with Crippen molar-refractivity contribution in [1.29, 1.82) is 0 Å². The summed E-state index contributed by atoms with van der Waals surface area (Å²) in [5, 5.41) is 23.4. The molecule has 0 aromatic heterocycles. The lowest BCUT2D eigenvalue weighted by molar-refractivity contribution is -0.135. The third kappa shape index (κ3) is 16.3. The number of fused-ring (bicyclic) bond motifs is 1. The highest BCUT2D eigenvalue weighted by molar-refractivity contribution is 7.90. The molecule has 4 rings (SSSR count). The number of carbonyl (C=O) groups is 5. The number of Topliss-reactive ketones (excluding diaryl/α,β-unsaturated/α-hetero) is 3. The van der Waals surface area contributed by atoms with Crippen LogP contribution in [-0.4, -0.2) is 65.4 Å². The van der Waals surface area contributed by atoms with Gasteiger partial charge in [0.1, 0.15) is 44.3 Å². The molecule has 0 atom stereocenters. The SMILES string of the molecule is CC(=O)CC(=O)Nc1ccccc1S(N)(=O)=O.CC(=O)CC(C)=O.Nc1ccccc1S(N)(=O)=O.O=C(O)CC1=NS(=O)(=O)c2ccccc2N1. The molecule has 0 bridgehead atoms. The fraction of sp³-hybridized carbons (Fsp3) is 0.200. The Labute approximate surface area is 294 Å². The number of nitrogens with zero attached hydrogens (tertiary/aromatic N) is 1. The van der Waals surface area contributed by atoms with Crippen molar-refractivity contribution in [2.24, 2.45) is 14.7 Å². The van der Waals surface area contributed by atoms with E-state index in [0.717, 1.165) is 0 Å². The van der Waals surface area contributed by atoms with E-state index in [1.165, 1.54) is 57.2 Å². The maximum atomic E-state index is 11.6. The van der Waals surface area contributed by atoms with E-state index >= 15 is 0 Å². The quantitative estimate of drug-likeness (QED) is 0.132. The van der Waals surface area contributed by atoms with Gasteiger partial charge in [-0.05, 0) is 57.2 Å². The summed E-state index contributed by atoms with van der Waals surface area (Å²) < 4.78 is 70.6. The third-order valence-corrected chi connectivity index (χ3v) is 8.92. The van der Waals surface area contributed by atoms with Gasteiger partial charge in [0.05, 0.1) is 29.9 Å². The van der Waals surface area contributed by atoms with Crippen molar-refractivity contribution >= 4 is 82.2 Å². The summed E-state index contributed by atoms with van der Waals surface area (Å²) >= 11 is 0. The van der Waals surface area contributed by atoms with Crippen LogP contribution in [0.15, 0.2) is 91.9 Å². The van der Waals surface area contributed by atoms with Crippen molar-refractivity contribution in [2.75, 3.05) is 16.4 Å². The van der Waals surface area contributed by atoms with Crippen LogP contribution in [0.3, 0.4) is 0 Å². The van der Waals surface area contributed by atoms with Gasteiger partial charge in [-0.3, -0.25) is 24.0 Å². The van der Waals surface area contributed by atoms with Gasteiger partial charge in [-0.1, -0.05) is 36.4 Å². The molecule has 9 N–H and O–H groups in total. The Balaban J connectivity index is 0.000000356. The van der Waals surface area contributed by atoms with Crippen molar-refractivity contribution in [1.82, 2.24) is 0 Å². The summed E-state index contributed by atoms with van der Waals surface area (Å²) in [7, 11) is -11.3. The number of ketones is 3. The maximum Gasteiger partial charge on any atom is 0.311 e. The van der Waals surface area contributed by atoms with Crippen LogP contribution < -0.4 is 26.6 Å². The van der Waals surface area contributed by atoms with E-state index in [2.05, 4.69) is 15.0 Å². The zero-order chi connectivity index (χ0) is 39.2. The number of amides is 1. The molecule has 0 aliphatic carbocycles. The van der Waals surface area contributed by atoms with Crippen LogP contribution in [0, 0.1) is 0 Å². The Morgan fingerprint density at radius 3 is 1.67 bits per heavy atom. The number of nitrogens with one attached hydrogen (secondary N) is 2. The summed E-state index contributed by atoms with van der Waals surface area (Å²) in [4.78, 5) is 52.4. The molecular formula is C30H36N6O12S3. The van der Waals surface area contributed by atoms with Gasteiger partial charge in [0.15, 0.2) is 0 Å². The minimum Gasteiger partial charge on any atom is -0.481 e. The van der Waals surface area contributed by atoms with Crippen molar-refractivity contribution in [2.45, 2.75) is 54.7 Å². The van der Waals surface area contributed by atoms with E-state index in [1.54, 1.807) is 36.4 Å². The Morgan fingerprint density at radius 2 is 1.22 bits per heavy atom. The first-order chi connectivity index (χ1) is 23.4. The van der Waals surface area contributed by atoms with E-state index in [-0.39, 0.29) is 62.1 Å². The number of carboxylic acid groups (broad SMARTS) is 1. The van der Waals surface area contributed by atoms with E-state index in [9.17, 15) is 49.2 Å². The standard InChI is InChI=1S/C10H12N2O4S.C9H8N2O4S.C6H8N2O2S.C5H8O2/c1-7(13)6-10(14)12-8-4-2-3-5-9(8)17(11,15)16;12-9(13)5-8-10-6-3-1-2-4-7(6)16(14,15)11-8;7-5-3-1-2-4-6(5)11(8,9)10;1-4(6)3-5(2)7/h2-5H,6H2,1H3,(H,12,14)(H2,11,15,16);1-4H,5H2,(H,10,11)(H,12,13);1-4H,7H2,(H2,8,9,10);3H2,1-2H3. The molecule has 18 nitrogen and oxygen atoms in total. The van der Waals surface area contributed by atoms with Gasteiger partial charge in [-0.2, -0.15) is 8.42 Å². The number of sulfonamides is 3. The fourth-order valence-corrected chi connectivity index (χ4v) is 6.22. The van der Waals surface area contributed by atoms with Crippen LogP contribution >= 0.6 is 0 Å². The summed E-state index contributed by atoms with van der Waals surface area (Å²) in [6.45, 7) is 4.08. The lowest BCUT2D eigenvalue weighted by Gasteiger charge is -2.16. The number of hydrogen-bond acceptors (Lipinski definition) is 13. The number of rotatable bonds is 9. The highest BCUT2D eigenvalue weighted by Crippen LogP contribution is 2.27. The molecule has 0 spiro atoms. The molecule has 1 aliphatic heterocycles. The van der Waals surface area contributed by atoms with E-state index < -0.39 is 48.4 Å². The molecule has 0 saturated carbocycles. The third-order valence-electron chi connectivity index (χ3n) is 5.59. The predicted octanol–water partition coefficient (Wildman–Crippen LogP) is 1.40. The number of carbonyl (C=O) groups excluding carboxylic acids is 4. The van der Waals surface area contributed by atoms with Gasteiger partial charge in [-0.25, -0.2) is 27.1 Å². The molecule has 0 saturated heterocycles. The zero-order valence-corrected chi connectivity index (χ0v) is 29.8. The molecule has 3 aromatic carbocycles. The Kier molecular flexibility index (Phi) is 16.4. The number of para-hydroxylation sites is 3. The Hall–Kier alpha value is -5.35. The molecule has 1 aliphatic rings. The second-order valence-electron chi connectivity index (χ2n) is 10.3. The lowest BCUT2D eigenvalue weighted by atomic mass is 10.2. The number of carboxylic acids is 1. The molecule has 3 aromatic rings. The average molecular weight is 769 g/mol. The van der Waals surface area contributed by atoms with Crippen molar-refractivity contribution in [3.63, 3.8) is 0 Å². The second kappa shape index (κ2) is 19.2. The second-order valence-corrected chi connectivity index (χ2v) is 15.0. The maximum absolute atomic E-state index is 11.6. The van der Waals surface area contributed by atoms with Crippen LogP contribution in [0.1, 0.15) is 40.0 Å². The molecular weight excluding hydrogens is 733 g/mol. The first kappa shape index (κ1) is 43.7. The monoisotopic (exact) mass is 768 g/mol. The minimum atomic E-state index is -3.91. The van der Waals surface area contributed by atoms with Crippen LogP contribution in [0.2, 0.25) is 0 Å². The van der Waals surface area contributed by atoms with Gasteiger partial charge in [0.2, 0.25) is 26.0 Å². The number of aliphatic carboxylic acids is 1. The van der Waals surface area contributed by atoms with E-state index in [1.807, 2.05) is 0 Å². The summed E-state index contributed by atoms with van der Waals surface area (Å²) in [6, 6.07) is 18.0. The van der Waals surface area contributed by atoms with Crippen LogP contribution in [0.25, 0.3) is 0 Å². The molecule has 21 heteroatoms. The highest BCUT2D eigenvalue weighted by atomic mass is 32.2. The molecule has 1 heterocycles. The topological polar surface area (TPSA) is 322 Å². The number of anilines is 3. The number of amidine groups is 1. The summed E-state index contributed by atoms with van der Waals surface area (Å²) in [5.74, 6) is -2.23. The van der Waals surface area contributed by atoms with Crippen LogP contribution in [-0.2, 0) is 54.0 Å². The molecule has 51 heavy (non-hydrogen) atoms. The number of nitrogen functional groups attached to an aromatic ring is 1. The van der Waals surface area contributed by atoms with Gasteiger partial charge in [0.25, 0.3) is 10.0 Å². The number of hydrogen-bond donors (Lipinski definition) is 6. The molecule has 0 radical (unpaired) electrons. The number of nitrogens with two attached hydrogens (primary N) is 3. The van der Waals surface area contributed by atoms with E-state index in [0.29, 0.717) is 5.69 Å². The van der Waals surface area contributed by atoms with Crippen LogP contribution in [0.4, 0.5) is 17.1 Å². The smallest absolute Gasteiger partial charge is 0.311 e. The molecule has 0 fully saturated rings. The number of benzene rings is 3. The largest absolute Gasteiger partial charge is 0.481 e. The van der Waals surface area contributed by atoms with Gasteiger partial charge >= 0.3 is 5.97 Å². The van der Waals surface area contributed by atoms with Crippen LogP contribution in [0.5, 0.6) is 0 Å². The molecule has 1 amide bonds. The zero-order valence-electron chi connectivity index (χ0n) is 27.4. The van der Waals surface area contributed by atoms with E-state index in [4.69, 9.17) is 21.1 Å². The van der Waals surface area contributed by atoms with Gasteiger partial charge in [-0.15, -0.1) is 4.40 Å². The van der Waals surface area contributed by atoms with Crippen molar-refractivity contribution in [3.05, 3.63) is 72.8 Å². The van der Waals surface area contributed by atoms with Crippen molar-refractivity contribution < 1.29 is 54.3 Å². The highest BCUT2D eigenvalue weighted by Gasteiger charge is 2.25.